The summed E-state index contributed by atoms with van der Waals surface area (Å²) in [5, 5.41) is 16.5. The van der Waals surface area contributed by atoms with Gasteiger partial charge < -0.3 is 20.5 Å². The van der Waals surface area contributed by atoms with E-state index in [1.165, 1.54) is 23.5 Å². The predicted molar refractivity (Wildman–Crippen MR) is 95.0 cm³/mol. The molecule has 3 N–H and O–H groups in total. The van der Waals surface area contributed by atoms with E-state index in [-0.39, 0.29) is 42.8 Å². The van der Waals surface area contributed by atoms with Gasteiger partial charge in [0.2, 0.25) is 0 Å². The first kappa shape index (κ1) is 20.1. The first-order valence-corrected chi connectivity index (χ1v) is 8.97. The van der Waals surface area contributed by atoms with E-state index in [1.54, 1.807) is 10.9 Å². The van der Waals surface area contributed by atoms with E-state index in [4.69, 9.17) is 16.3 Å². The van der Waals surface area contributed by atoms with Gasteiger partial charge in [-0.1, -0.05) is 11.6 Å². The van der Waals surface area contributed by atoms with Crippen molar-refractivity contribution in [3.8, 4) is 5.75 Å². The number of aliphatic hydroxyl groups excluding tert-OH is 1. The van der Waals surface area contributed by atoms with Crippen molar-refractivity contribution in [3.63, 3.8) is 0 Å². The van der Waals surface area contributed by atoms with Crippen LogP contribution in [0.15, 0.2) is 29.1 Å². The fraction of sp³-hybridized carbons (Fsp3) is 0.312. The summed E-state index contributed by atoms with van der Waals surface area (Å²) >= 11 is 6.87. The number of ether oxygens (including phenoxy) is 1. The summed E-state index contributed by atoms with van der Waals surface area (Å²) in [6.07, 6.45) is -0.568. The number of aliphatic hydroxyl groups is 1. The lowest BCUT2D eigenvalue weighted by Gasteiger charge is -2.13. The Labute approximate surface area is 158 Å². The van der Waals surface area contributed by atoms with Gasteiger partial charge in [-0.2, -0.15) is 0 Å². The van der Waals surface area contributed by atoms with E-state index >= 15 is 0 Å². The molecule has 1 unspecified atom stereocenters. The molecular formula is C16H17ClFN3O4S. The van der Waals surface area contributed by atoms with Gasteiger partial charge in [0, 0.05) is 24.5 Å². The molecule has 1 atom stereocenters. The highest BCUT2D eigenvalue weighted by Crippen LogP contribution is 2.20. The lowest BCUT2D eigenvalue weighted by Crippen LogP contribution is -2.37. The van der Waals surface area contributed by atoms with Crippen LogP contribution in [0, 0.1) is 5.82 Å². The number of carbonyl (C=O) groups is 2. The fourth-order valence-corrected chi connectivity index (χ4v) is 2.52. The third-order valence-electron chi connectivity index (χ3n) is 3.22. The maximum absolute atomic E-state index is 13.2. The molecule has 0 aliphatic carbocycles. The molecule has 0 fully saturated rings. The number of aromatic nitrogens is 1. The Balaban J connectivity index is 1.60. The zero-order valence-electron chi connectivity index (χ0n) is 13.6. The summed E-state index contributed by atoms with van der Waals surface area (Å²) in [6.45, 7) is -0.0773. The summed E-state index contributed by atoms with van der Waals surface area (Å²) in [5.74, 6) is -1.25. The van der Waals surface area contributed by atoms with Crippen LogP contribution < -0.4 is 15.4 Å². The Morgan fingerprint density at radius 1 is 1.38 bits per heavy atom. The smallest absolute Gasteiger partial charge is 0.270 e. The number of hydrogen-bond acceptors (Lipinski definition) is 6. The minimum atomic E-state index is -0.831. The minimum Gasteiger partial charge on any atom is -0.484 e. The van der Waals surface area contributed by atoms with Crippen molar-refractivity contribution in [2.45, 2.75) is 12.5 Å². The van der Waals surface area contributed by atoms with E-state index in [0.717, 1.165) is 6.07 Å². The minimum absolute atomic E-state index is 0.00371. The number of amides is 2. The van der Waals surface area contributed by atoms with Gasteiger partial charge in [-0.25, -0.2) is 9.37 Å². The van der Waals surface area contributed by atoms with Crippen molar-refractivity contribution in [1.82, 2.24) is 15.6 Å². The Morgan fingerprint density at radius 2 is 2.19 bits per heavy atom. The average molecular weight is 402 g/mol. The topological polar surface area (TPSA) is 101 Å². The van der Waals surface area contributed by atoms with Crippen LogP contribution in [0.4, 0.5) is 4.39 Å². The first-order chi connectivity index (χ1) is 12.5. The molecule has 1 aromatic carbocycles. The second-order valence-electron chi connectivity index (χ2n) is 5.24. The van der Waals surface area contributed by atoms with Crippen LogP contribution in [0.5, 0.6) is 5.75 Å². The molecule has 1 aromatic heterocycles. The van der Waals surface area contributed by atoms with Crippen LogP contribution in [-0.4, -0.2) is 47.7 Å². The van der Waals surface area contributed by atoms with E-state index in [2.05, 4.69) is 15.6 Å². The summed E-state index contributed by atoms with van der Waals surface area (Å²) < 4.78 is 18.4. The third kappa shape index (κ3) is 6.58. The molecule has 7 nitrogen and oxygen atoms in total. The van der Waals surface area contributed by atoms with Crippen molar-refractivity contribution < 1.29 is 23.8 Å². The van der Waals surface area contributed by atoms with Crippen molar-refractivity contribution in [2.24, 2.45) is 0 Å². The first-order valence-electron chi connectivity index (χ1n) is 7.64. The van der Waals surface area contributed by atoms with Gasteiger partial charge in [0.05, 0.1) is 16.6 Å². The van der Waals surface area contributed by atoms with E-state index < -0.39 is 17.8 Å². The van der Waals surface area contributed by atoms with Crippen LogP contribution in [-0.2, 0) is 4.79 Å². The summed E-state index contributed by atoms with van der Waals surface area (Å²) in [6, 6.07) is 3.85. The highest BCUT2D eigenvalue weighted by molar-refractivity contribution is 7.07. The van der Waals surface area contributed by atoms with E-state index in [9.17, 15) is 19.1 Å². The Hall–Kier alpha value is -2.23. The maximum Gasteiger partial charge on any atom is 0.270 e. The molecule has 0 radical (unpaired) electrons. The number of nitrogens with zero attached hydrogens (tertiary/aromatic N) is 1. The highest BCUT2D eigenvalue weighted by atomic mass is 35.5. The van der Waals surface area contributed by atoms with E-state index in [1.807, 2.05) is 0 Å². The number of rotatable bonds is 9. The quantitative estimate of drug-likeness (QED) is 0.592. The Morgan fingerprint density at radius 3 is 2.88 bits per heavy atom. The molecule has 0 saturated carbocycles. The Bertz CT molecular complexity index is 745. The number of thiazole rings is 1. The molecule has 0 aliphatic heterocycles. The second kappa shape index (κ2) is 10.0. The third-order valence-corrected chi connectivity index (χ3v) is 4.12. The molecule has 0 aliphatic rings. The molecule has 0 bridgehead atoms. The summed E-state index contributed by atoms with van der Waals surface area (Å²) in [4.78, 5) is 27.2. The molecule has 26 heavy (non-hydrogen) atoms. The molecule has 10 heteroatoms. The number of halogens is 2. The lowest BCUT2D eigenvalue weighted by atomic mass is 10.2. The van der Waals surface area contributed by atoms with Crippen molar-refractivity contribution in [3.05, 3.63) is 45.6 Å². The van der Waals surface area contributed by atoms with Gasteiger partial charge in [0.25, 0.3) is 11.8 Å². The number of hydrogen-bond donors (Lipinski definition) is 3. The molecule has 2 rings (SSSR count). The van der Waals surface area contributed by atoms with Crippen LogP contribution in [0.1, 0.15) is 16.9 Å². The van der Waals surface area contributed by atoms with Crippen LogP contribution in [0.2, 0.25) is 5.02 Å². The number of nitrogens with one attached hydrogen (secondary N) is 2. The van der Waals surface area contributed by atoms with Crippen molar-refractivity contribution in [1.29, 1.82) is 0 Å². The predicted octanol–water partition coefficient (Wildman–Crippen LogP) is 1.61. The fourth-order valence-electron chi connectivity index (χ4n) is 1.87. The van der Waals surface area contributed by atoms with Gasteiger partial charge >= 0.3 is 0 Å². The summed E-state index contributed by atoms with van der Waals surface area (Å²) in [7, 11) is 0. The molecule has 1 heterocycles. The number of benzene rings is 1. The lowest BCUT2D eigenvalue weighted by molar-refractivity contribution is -0.123. The molecule has 0 saturated heterocycles. The van der Waals surface area contributed by atoms with Crippen LogP contribution in [0.3, 0.4) is 0 Å². The Kier molecular flexibility index (Phi) is 7.76. The maximum atomic E-state index is 13.2. The molecule has 140 valence electrons. The normalized spacial score (nSPS) is 11.7. The van der Waals surface area contributed by atoms with E-state index in [0.29, 0.717) is 5.69 Å². The van der Waals surface area contributed by atoms with Crippen LogP contribution in [0.25, 0.3) is 0 Å². The SMILES string of the molecule is O=C(COc1ccc(Cl)c(F)c1)NCC(O)CCNC(=O)c1cscn1. The van der Waals surface area contributed by atoms with Crippen molar-refractivity contribution >= 4 is 34.8 Å². The zero-order valence-corrected chi connectivity index (χ0v) is 15.1. The molecule has 0 spiro atoms. The highest BCUT2D eigenvalue weighted by Gasteiger charge is 2.11. The monoisotopic (exact) mass is 401 g/mol. The zero-order chi connectivity index (χ0) is 18.9. The molecule has 2 amide bonds. The van der Waals surface area contributed by atoms with Gasteiger partial charge in [-0.05, 0) is 18.6 Å². The molecular weight excluding hydrogens is 385 g/mol. The largest absolute Gasteiger partial charge is 0.484 e. The second-order valence-corrected chi connectivity index (χ2v) is 6.37. The van der Waals surface area contributed by atoms with Gasteiger partial charge in [-0.15, -0.1) is 11.3 Å². The summed E-state index contributed by atoms with van der Waals surface area (Å²) in [5.41, 5.74) is 1.88. The van der Waals surface area contributed by atoms with Crippen LogP contribution >= 0.6 is 22.9 Å². The van der Waals surface area contributed by atoms with Gasteiger partial charge in [0.1, 0.15) is 17.3 Å². The molecule has 2 aromatic rings. The average Bonchev–Trinajstić information content (AvgIpc) is 3.15. The van der Waals surface area contributed by atoms with Crippen molar-refractivity contribution in [2.75, 3.05) is 19.7 Å². The number of carbonyl (C=O) groups excluding carboxylic acids is 2. The standard InChI is InChI=1S/C16H17ClFN3O4S/c17-12-2-1-11(5-13(12)18)25-7-15(23)20-6-10(22)3-4-19-16(24)14-8-26-9-21-14/h1-2,5,8-10,22H,3-4,6-7H2,(H,19,24)(H,20,23). The van der Waals surface area contributed by atoms with Gasteiger partial charge in [-0.3, -0.25) is 9.59 Å². The van der Waals surface area contributed by atoms with Gasteiger partial charge in [0.15, 0.2) is 6.61 Å².